The zero-order chi connectivity index (χ0) is 24.3. The van der Waals surface area contributed by atoms with E-state index in [1.165, 1.54) is 0 Å². The van der Waals surface area contributed by atoms with Gasteiger partial charge in [-0.3, -0.25) is 9.48 Å². The summed E-state index contributed by atoms with van der Waals surface area (Å²) in [5, 5.41) is 7.99. The number of aryl methyl sites for hydroxylation is 1. The van der Waals surface area contributed by atoms with Crippen molar-refractivity contribution in [1.82, 2.24) is 15.1 Å². The molecule has 3 heterocycles. The summed E-state index contributed by atoms with van der Waals surface area (Å²) in [5.41, 5.74) is 2.59. The Morgan fingerprint density at radius 3 is 2.76 bits per heavy atom. The second kappa shape index (κ2) is 9.78. The normalized spacial score (nSPS) is 17.6. The Morgan fingerprint density at radius 1 is 1.29 bits per heavy atom. The largest absolute Gasteiger partial charge is 0.497 e. The van der Waals surface area contributed by atoms with Gasteiger partial charge in [-0.2, -0.15) is 5.10 Å². The highest BCUT2D eigenvalue weighted by atomic mass is 16.5. The van der Waals surface area contributed by atoms with Crippen LogP contribution in [0.25, 0.3) is 0 Å². The second-order valence-corrected chi connectivity index (χ2v) is 10.2. The Kier molecular flexibility index (Phi) is 6.98. The predicted molar refractivity (Wildman–Crippen MR) is 127 cm³/mol. The molecule has 1 spiro atoms. The third-order valence-corrected chi connectivity index (χ3v) is 6.89. The fourth-order valence-electron chi connectivity index (χ4n) is 4.85. The van der Waals surface area contributed by atoms with Gasteiger partial charge in [-0.05, 0) is 49.3 Å². The molecule has 0 saturated carbocycles. The Balaban J connectivity index is 1.53. The standard InChI is InChI=1S/C26H35N3O5/c1-5-20-22-21(14-26(15-27-23(22)30)9-11-33-12-10-26)29(28-20)16-25(2,3)17-34-24(31)18-7-6-8-19(13-18)32-4/h6-8,13H,5,9-12,14-17H2,1-4H3,(H,27,30). The summed E-state index contributed by atoms with van der Waals surface area (Å²) >= 11 is 0. The highest BCUT2D eigenvalue weighted by Gasteiger charge is 2.40. The predicted octanol–water partition coefficient (Wildman–Crippen LogP) is 3.42. The summed E-state index contributed by atoms with van der Waals surface area (Å²) in [5.74, 6) is 0.185. The molecule has 0 atom stereocenters. The summed E-state index contributed by atoms with van der Waals surface area (Å²) in [7, 11) is 1.57. The number of fused-ring (bicyclic) bond motifs is 1. The average molecular weight is 470 g/mol. The molecule has 1 N–H and O–H groups in total. The van der Waals surface area contributed by atoms with Crippen LogP contribution in [0.3, 0.4) is 0 Å². The van der Waals surface area contributed by atoms with Gasteiger partial charge in [0.05, 0.1) is 36.2 Å². The maximum Gasteiger partial charge on any atom is 0.338 e. The van der Waals surface area contributed by atoms with Crippen LogP contribution in [0.2, 0.25) is 0 Å². The number of methoxy groups -OCH3 is 1. The monoisotopic (exact) mass is 469 g/mol. The van der Waals surface area contributed by atoms with E-state index in [-0.39, 0.29) is 29.3 Å². The number of amides is 1. The molecule has 8 nitrogen and oxygen atoms in total. The molecule has 1 aromatic carbocycles. The van der Waals surface area contributed by atoms with Gasteiger partial charge in [-0.15, -0.1) is 0 Å². The number of aromatic nitrogens is 2. The van der Waals surface area contributed by atoms with Crippen molar-refractivity contribution in [1.29, 1.82) is 0 Å². The molecule has 8 heteroatoms. The van der Waals surface area contributed by atoms with E-state index in [4.69, 9.17) is 19.3 Å². The molecule has 1 amide bonds. The maximum absolute atomic E-state index is 13.0. The van der Waals surface area contributed by atoms with Crippen LogP contribution in [-0.4, -0.2) is 55.1 Å². The van der Waals surface area contributed by atoms with Crippen molar-refractivity contribution < 1.29 is 23.8 Å². The molecular weight excluding hydrogens is 434 g/mol. The average Bonchev–Trinajstić information content (AvgIpc) is 3.10. The lowest BCUT2D eigenvalue weighted by Crippen LogP contribution is -2.41. The summed E-state index contributed by atoms with van der Waals surface area (Å²) in [6.07, 6.45) is 3.31. The number of nitrogens with one attached hydrogen (secondary N) is 1. The van der Waals surface area contributed by atoms with Crippen molar-refractivity contribution in [3.8, 4) is 5.75 Å². The number of hydrogen-bond acceptors (Lipinski definition) is 6. The fraction of sp³-hybridized carbons (Fsp3) is 0.577. The Hall–Kier alpha value is -2.87. The van der Waals surface area contributed by atoms with Crippen molar-refractivity contribution in [3.63, 3.8) is 0 Å². The summed E-state index contributed by atoms with van der Waals surface area (Å²) < 4.78 is 18.5. The topological polar surface area (TPSA) is 91.7 Å². The van der Waals surface area contributed by atoms with Gasteiger partial charge in [0.1, 0.15) is 5.75 Å². The lowest BCUT2D eigenvalue weighted by Gasteiger charge is -2.36. The van der Waals surface area contributed by atoms with E-state index in [0.717, 1.165) is 36.2 Å². The van der Waals surface area contributed by atoms with E-state index in [1.807, 2.05) is 25.5 Å². The first-order chi connectivity index (χ1) is 16.3. The molecule has 0 unspecified atom stereocenters. The van der Waals surface area contributed by atoms with Crippen LogP contribution in [0.4, 0.5) is 0 Å². The minimum Gasteiger partial charge on any atom is -0.497 e. The number of nitrogens with zero attached hydrogens (tertiary/aromatic N) is 2. The van der Waals surface area contributed by atoms with Crippen molar-refractivity contribution >= 4 is 11.9 Å². The molecule has 2 aliphatic rings. The van der Waals surface area contributed by atoms with Gasteiger partial charge in [-0.1, -0.05) is 26.8 Å². The molecule has 2 aliphatic heterocycles. The molecular formula is C26H35N3O5. The van der Waals surface area contributed by atoms with E-state index < -0.39 is 0 Å². The maximum atomic E-state index is 13.0. The molecule has 0 aliphatic carbocycles. The number of carbonyl (C=O) groups is 2. The number of esters is 1. The summed E-state index contributed by atoms with van der Waals surface area (Å²) in [6, 6.07) is 6.94. The number of hydrogen-bond donors (Lipinski definition) is 1. The third-order valence-electron chi connectivity index (χ3n) is 6.89. The Morgan fingerprint density at radius 2 is 2.06 bits per heavy atom. The van der Waals surface area contributed by atoms with E-state index in [0.29, 0.717) is 44.0 Å². The quantitative estimate of drug-likeness (QED) is 0.625. The number of benzene rings is 1. The van der Waals surface area contributed by atoms with Crippen LogP contribution in [0.15, 0.2) is 24.3 Å². The summed E-state index contributed by atoms with van der Waals surface area (Å²) in [4.78, 5) is 25.7. The third kappa shape index (κ3) is 5.12. The lowest BCUT2D eigenvalue weighted by atomic mass is 9.76. The van der Waals surface area contributed by atoms with Crippen molar-refractivity contribution in [2.75, 3.05) is 33.5 Å². The van der Waals surface area contributed by atoms with E-state index in [1.54, 1.807) is 31.4 Å². The van der Waals surface area contributed by atoms with Crippen molar-refractivity contribution in [3.05, 3.63) is 46.8 Å². The molecule has 4 rings (SSSR count). The number of carbonyl (C=O) groups excluding carboxylic acids is 2. The Bertz CT molecular complexity index is 1050. The van der Waals surface area contributed by atoms with Crippen molar-refractivity contribution in [2.45, 2.75) is 53.0 Å². The molecule has 1 saturated heterocycles. The minimum atomic E-state index is -0.388. The second-order valence-electron chi connectivity index (χ2n) is 10.2. The molecule has 1 fully saturated rings. The van der Waals surface area contributed by atoms with Gasteiger partial charge in [0, 0.05) is 31.7 Å². The van der Waals surface area contributed by atoms with Crippen LogP contribution < -0.4 is 10.1 Å². The Labute approximate surface area is 201 Å². The van der Waals surface area contributed by atoms with Crippen LogP contribution >= 0.6 is 0 Å². The molecule has 34 heavy (non-hydrogen) atoms. The molecule has 2 aromatic rings. The van der Waals surface area contributed by atoms with Crippen LogP contribution in [-0.2, 0) is 28.9 Å². The lowest BCUT2D eigenvalue weighted by molar-refractivity contribution is 0.0145. The molecule has 0 radical (unpaired) electrons. The minimum absolute atomic E-state index is 0.00900. The molecule has 1 aromatic heterocycles. The highest BCUT2D eigenvalue weighted by Crippen LogP contribution is 2.38. The van der Waals surface area contributed by atoms with Gasteiger partial charge in [0.2, 0.25) is 0 Å². The van der Waals surface area contributed by atoms with Gasteiger partial charge < -0.3 is 19.5 Å². The van der Waals surface area contributed by atoms with Gasteiger partial charge >= 0.3 is 5.97 Å². The highest BCUT2D eigenvalue weighted by molar-refractivity contribution is 5.97. The van der Waals surface area contributed by atoms with Gasteiger partial charge in [0.15, 0.2) is 0 Å². The smallest absolute Gasteiger partial charge is 0.338 e. The van der Waals surface area contributed by atoms with Gasteiger partial charge in [-0.25, -0.2) is 4.79 Å². The molecule has 184 valence electrons. The zero-order valence-electron chi connectivity index (χ0n) is 20.6. The van der Waals surface area contributed by atoms with Crippen LogP contribution in [0.1, 0.15) is 65.7 Å². The van der Waals surface area contributed by atoms with Crippen LogP contribution in [0.5, 0.6) is 5.75 Å². The summed E-state index contributed by atoms with van der Waals surface area (Å²) in [6.45, 7) is 8.98. The van der Waals surface area contributed by atoms with E-state index in [9.17, 15) is 9.59 Å². The SMILES string of the molecule is CCc1nn(CC(C)(C)COC(=O)c2cccc(OC)c2)c2c1C(=O)NCC1(CCOCC1)C2. The number of rotatable bonds is 7. The fourth-order valence-corrected chi connectivity index (χ4v) is 4.85. The first-order valence-electron chi connectivity index (χ1n) is 12.0. The van der Waals surface area contributed by atoms with E-state index >= 15 is 0 Å². The first-order valence-corrected chi connectivity index (χ1v) is 12.0. The van der Waals surface area contributed by atoms with Crippen LogP contribution in [0, 0.1) is 10.8 Å². The van der Waals surface area contributed by atoms with Gasteiger partial charge in [0.25, 0.3) is 5.91 Å². The number of ether oxygens (including phenoxy) is 3. The van der Waals surface area contributed by atoms with Crippen molar-refractivity contribution in [2.24, 2.45) is 10.8 Å². The first kappa shape index (κ1) is 24.3. The van der Waals surface area contributed by atoms with E-state index in [2.05, 4.69) is 5.32 Å². The zero-order valence-corrected chi connectivity index (χ0v) is 20.6. The molecule has 0 bridgehead atoms.